The van der Waals surface area contributed by atoms with Crippen molar-refractivity contribution in [3.8, 4) is 6.07 Å². The van der Waals surface area contributed by atoms with E-state index < -0.39 is 0 Å². The molecule has 1 heterocycles. The van der Waals surface area contributed by atoms with E-state index in [1.54, 1.807) is 6.20 Å². The van der Waals surface area contributed by atoms with Crippen LogP contribution in [0.4, 0.5) is 0 Å². The van der Waals surface area contributed by atoms with Crippen molar-refractivity contribution in [2.75, 3.05) is 0 Å². The maximum absolute atomic E-state index is 8.70. The molecule has 11 heavy (non-hydrogen) atoms. The molecule has 0 aliphatic carbocycles. The lowest BCUT2D eigenvalue weighted by Gasteiger charge is -2.16. The molecular weight excluding hydrogens is 136 g/mol. The van der Waals surface area contributed by atoms with Gasteiger partial charge in [-0.15, -0.1) is 0 Å². The Morgan fingerprint density at radius 3 is 2.36 bits per heavy atom. The van der Waals surface area contributed by atoms with Gasteiger partial charge in [0.2, 0.25) is 0 Å². The molecule has 58 valence electrons. The largest absolute Gasteiger partial charge is 0.366 e. The number of hydrogen-bond donors (Lipinski definition) is 1. The van der Waals surface area contributed by atoms with E-state index in [0.29, 0.717) is 0 Å². The van der Waals surface area contributed by atoms with Gasteiger partial charge in [-0.3, -0.25) is 0 Å². The molecular formula is C9H12N2. The van der Waals surface area contributed by atoms with Crippen molar-refractivity contribution >= 4 is 0 Å². The molecule has 2 heteroatoms. The standard InChI is InChI=1S/C9H12N2/c1-9(2,3)8-6-11-5-7(8)4-10/h5-6,11H,1-3H3. The van der Waals surface area contributed by atoms with Crippen LogP contribution in [0.2, 0.25) is 0 Å². The van der Waals surface area contributed by atoms with E-state index in [1.165, 1.54) is 0 Å². The Morgan fingerprint density at radius 1 is 1.36 bits per heavy atom. The van der Waals surface area contributed by atoms with Crippen molar-refractivity contribution < 1.29 is 0 Å². The first-order valence-corrected chi connectivity index (χ1v) is 3.63. The number of nitriles is 1. The monoisotopic (exact) mass is 148 g/mol. The summed E-state index contributed by atoms with van der Waals surface area (Å²) < 4.78 is 0. The molecule has 0 radical (unpaired) electrons. The highest BCUT2D eigenvalue weighted by molar-refractivity contribution is 5.39. The summed E-state index contributed by atoms with van der Waals surface area (Å²) in [5.41, 5.74) is 1.89. The van der Waals surface area contributed by atoms with Crippen LogP contribution in [0.5, 0.6) is 0 Å². The quantitative estimate of drug-likeness (QED) is 0.601. The van der Waals surface area contributed by atoms with Crippen molar-refractivity contribution in [1.29, 1.82) is 5.26 Å². The average molecular weight is 148 g/mol. The van der Waals surface area contributed by atoms with Gasteiger partial charge in [-0.1, -0.05) is 20.8 Å². The van der Waals surface area contributed by atoms with Gasteiger partial charge in [0.1, 0.15) is 6.07 Å². The van der Waals surface area contributed by atoms with E-state index in [1.807, 2.05) is 6.20 Å². The second-order valence-corrected chi connectivity index (χ2v) is 3.64. The van der Waals surface area contributed by atoms with Crippen molar-refractivity contribution in [1.82, 2.24) is 4.98 Å². The van der Waals surface area contributed by atoms with Crippen LogP contribution in [0.1, 0.15) is 31.9 Å². The van der Waals surface area contributed by atoms with Crippen molar-refractivity contribution in [2.24, 2.45) is 0 Å². The second kappa shape index (κ2) is 2.43. The smallest absolute Gasteiger partial charge is 0.101 e. The van der Waals surface area contributed by atoms with Gasteiger partial charge in [-0.05, 0) is 11.0 Å². The van der Waals surface area contributed by atoms with Gasteiger partial charge in [0.25, 0.3) is 0 Å². The average Bonchev–Trinajstić information content (AvgIpc) is 2.31. The van der Waals surface area contributed by atoms with E-state index >= 15 is 0 Å². The fraction of sp³-hybridized carbons (Fsp3) is 0.444. The first-order valence-electron chi connectivity index (χ1n) is 3.63. The number of hydrogen-bond acceptors (Lipinski definition) is 1. The lowest BCUT2D eigenvalue weighted by atomic mass is 9.87. The fourth-order valence-electron chi connectivity index (χ4n) is 1.08. The van der Waals surface area contributed by atoms with Crippen LogP contribution in [0.15, 0.2) is 12.4 Å². The Bertz CT molecular complexity index is 283. The summed E-state index contributed by atoms with van der Waals surface area (Å²) in [5.74, 6) is 0. The van der Waals surface area contributed by atoms with Gasteiger partial charge < -0.3 is 4.98 Å². The van der Waals surface area contributed by atoms with Gasteiger partial charge in [-0.2, -0.15) is 5.26 Å². The van der Waals surface area contributed by atoms with Crippen LogP contribution >= 0.6 is 0 Å². The number of aromatic nitrogens is 1. The minimum atomic E-state index is 0.0606. The molecule has 0 saturated carbocycles. The summed E-state index contributed by atoms with van der Waals surface area (Å²) in [5, 5.41) is 8.70. The van der Waals surface area contributed by atoms with Gasteiger partial charge >= 0.3 is 0 Å². The number of H-pyrrole nitrogens is 1. The van der Waals surface area contributed by atoms with E-state index in [-0.39, 0.29) is 5.41 Å². The molecule has 1 N–H and O–H groups in total. The SMILES string of the molecule is CC(C)(C)c1c[nH]cc1C#N. The molecule has 1 aromatic rings. The molecule has 0 unspecified atom stereocenters. The Kier molecular flexibility index (Phi) is 1.74. The molecule has 0 spiro atoms. The number of nitrogens with one attached hydrogen (secondary N) is 1. The molecule has 2 nitrogen and oxygen atoms in total. The molecule has 0 amide bonds. The van der Waals surface area contributed by atoms with E-state index in [0.717, 1.165) is 11.1 Å². The van der Waals surface area contributed by atoms with E-state index in [2.05, 4.69) is 31.8 Å². The molecule has 0 bridgehead atoms. The number of rotatable bonds is 0. The summed E-state index contributed by atoms with van der Waals surface area (Å²) in [6.45, 7) is 6.28. The van der Waals surface area contributed by atoms with Crippen LogP contribution in [-0.2, 0) is 5.41 Å². The predicted molar refractivity (Wildman–Crippen MR) is 44.2 cm³/mol. The highest BCUT2D eigenvalue weighted by atomic mass is 14.6. The first kappa shape index (κ1) is 7.87. The summed E-state index contributed by atoms with van der Waals surface area (Å²) in [6, 6.07) is 2.15. The second-order valence-electron chi connectivity index (χ2n) is 3.64. The Labute approximate surface area is 66.9 Å². The molecule has 0 aliphatic rings. The minimum Gasteiger partial charge on any atom is -0.366 e. The molecule has 1 rings (SSSR count). The lowest BCUT2D eigenvalue weighted by Crippen LogP contribution is -2.11. The third-order valence-corrected chi connectivity index (χ3v) is 1.67. The van der Waals surface area contributed by atoms with Crippen LogP contribution in [-0.4, -0.2) is 4.98 Å². The maximum atomic E-state index is 8.70. The Morgan fingerprint density at radius 2 is 2.00 bits per heavy atom. The summed E-state index contributed by atoms with van der Waals surface area (Å²) in [6.07, 6.45) is 3.62. The van der Waals surface area contributed by atoms with Crippen LogP contribution < -0.4 is 0 Å². The zero-order valence-electron chi connectivity index (χ0n) is 7.10. The summed E-state index contributed by atoms with van der Waals surface area (Å²) >= 11 is 0. The number of aromatic amines is 1. The summed E-state index contributed by atoms with van der Waals surface area (Å²) in [4.78, 5) is 2.93. The van der Waals surface area contributed by atoms with Crippen molar-refractivity contribution in [2.45, 2.75) is 26.2 Å². The third-order valence-electron chi connectivity index (χ3n) is 1.67. The Hall–Kier alpha value is -1.23. The summed E-state index contributed by atoms with van der Waals surface area (Å²) in [7, 11) is 0. The Balaban J connectivity index is 3.15. The molecule has 0 aromatic carbocycles. The van der Waals surface area contributed by atoms with Crippen molar-refractivity contribution in [3.63, 3.8) is 0 Å². The molecule has 0 fully saturated rings. The maximum Gasteiger partial charge on any atom is 0.101 e. The third kappa shape index (κ3) is 1.43. The first-order chi connectivity index (χ1) is 5.05. The predicted octanol–water partition coefficient (Wildman–Crippen LogP) is 2.18. The minimum absolute atomic E-state index is 0.0606. The van der Waals surface area contributed by atoms with Gasteiger partial charge in [-0.25, -0.2) is 0 Å². The van der Waals surface area contributed by atoms with Crippen LogP contribution in [0, 0.1) is 11.3 Å². The highest BCUT2D eigenvalue weighted by Crippen LogP contribution is 2.24. The zero-order chi connectivity index (χ0) is 8.48. The van der Waals surface area contributed by atoms with Gasteiger partial charge in [0.05, 0.1) is 5.56 Å². The van der Waals surface area contributed by atoms with E-state index in [4.69, 9.17) is 5.26 Å². The fourth-order valence-corrected chi connectivity index (χ4v) is 1.08. The molecule has 0 atom stereocenters. The topological polar surface area (TPSA) is 39.6 Å². The zero-order valence-corrected chi connectivity index (χ0v) is 7.10. The molecule has 0 saturated heterocycles. The van der Waals surface area contributed by atoms with Crippen molar-refractivity contribution in [3.05, 3.63) is 23.5 Å². The molecule has 0 aliphatic heterocycles. The number of nitrogens with zero attached hydrogens (tertiary/aromatic N) is 1. The molecule has 1 aromatic heterocycles. The van der Waals surface area contributed by atoms with Crippen LogP contribution in [0.3, 0.4) is 0 Å². The van der Waals surface area contributed by atoms with Crippen LogP contribution in [0.25, 0.3) is 0 Å². The van der Waals surface area contributed by atoms with E-state index in [9.17, 15) is 0 Å². The van der Waals surface area contributed by atoms with Gasteiger partial charge in [0, 0.05) is 12.4 Å². The lowest BCUT2D eigenvalue weighted by molar-refractivity contribution is 0.589. The highest BCUT2D eigenvalue weighted by Gasteiger charge is 2.17. The van der Waals surface area contributed by atoms with Gasteiger partial charge in [0.15, 0.2) is 0 Å². The normalized spacial score (nSPS) is 11.1.